The second kappa shape index (κ2) is 26.5. The van der Waals surface area contributed by atoms with Crippen LogP contribution in [0.15, 0.2) is 140 Å². The summed E-state index contributed by atoms with van der Waals surface area (Å²) in [6, 6.07) is 56.2. The molecular weight excluding hydrogens is 1590 g/mol. The van der Waals surface area contributed by atoms with E-state index in [9.17, 15) is 10.2 Å². The first-order chi connectivity index (χ1) is 45.1. The van der Waals surface area contributed by atoms with Crippen LogP contribution in [0.3, 0.4) is 0 Å². The maximum absolute atomic E-state index is 12.8. The summed E-state index contributed by atoms with van der Waals surface area (Å²) in [6.45, 7) is 60.2. The molecule has 8 nitrogen and oxygen atoms in total. The van der Waals surface area contributed by atoms with Gasteiger partial charge in [0, 0.05) is 76.0 Å². The Kier molecular flexibility index (Phi) is 20.4. The first kappa shape index (κ1) is 76.9. The van der Waals surface area contributed by atoms with Crippen molar-refractivity contribution in [1.29, 1.82) is 0 Å². The van der Waals surface area contributed by atoms with Gasteiger partial charge >= 0.3 is 0 Å². The van der Waals surface area contributed by atoms with Crippen LogP contribution in [-0.2, 0) is 90.9 Å². The Hall–Kier alpha value is -7.24. The molecule has 3 aromatic heterocycles. The molecule has 0 aliphatic carbocycles. The van der Waals surface area contributed by atoms with E-state index in [4.69, 9.17) is 19.9 Å². The molecular formula is C90H106N6O2Pt2-2. The van der Waals surface area contributed by atoms with Crippen LogP contribution in [0.5, 0.6) is 11.5 Å². The molecule has 2 N–H and O–H groups in total. The zero-order valence-corrected chi connectivity index (χ0v) is 69.0. The molecule has 530 valence electrons. The normalized spacial score (nSPS) is 13.1. The largest absolute Gasteiger partial charge is 0.507 e. The number of imidazole rings is 2. The molecule has 0 fully saturated rings. The van der Waals surface area contributed by atoms with Gasteiger partial charge in [0.2, 0.25) is 0 Å². The van der Waals surface area contributed by atoms with Crippen LogP contribution in [0.2, 0.25) is 0 Å². The molecule has 0 atom stereocenters. The number of benzene rings is 8. The van der Waals surface area contributed by atoms with E-state index in [0.717, 1.165) is 112 Å². The van der Waals surface area contributed by atoms with Crippen molar-refractivity contribution < 1.29 is 52.3 Å². The van der Waals surface area contributed by atoms with Gasteiger partial charge in [-0.3, -0.25) is 19.1 Å². The minimum Gasteiger partial charge on any atom is -0.507 e. The first-order valence-corrected chi connectivity index (χ1v) is 35.1. The van der Waals surface area contributed by atoms with Gasteiger partial charge in [0.05, 0.1) is 39.5 Å². The molecule has 0 aliphatic rings. The van der Waals surface area contributed by atoms with E-state index in [1.54, 1.807) is 6.33 Å². The van der Waals surface area contributed by atoms with Crippen LogP contribution in [0, 0.1) is 12.1 Å². The molecule has 10 heteroatoms. The number of aromatic hydroxyl groups is 2. The average molecular weight is 1690 g/mol. The van der Waals surface area contributed by atoms with E-state index >= 15 is 0 Å². The van der Waals surface area contributed by atoms with Crippen molar-refractivity contribution in [2.45, 2.75) is 236 Å². The second-order valence-corrected chi connectivity index (χ2v) is 37.0. The molecule has 8 aromatic carbocycles. The minimum absolute atomic E-state index is 0. The fourth-order valence-corrected chi connectivity index (χ4v) is 13.1. The summed E-state index contributed by atoms with van der Waals surface area (Å²) in [5.41, 5.74) is 21.2. The predicted molar refractivity (Wildman–Crippen MR) is 413 cm³/mol. The van der Waals surface area contributed by atoms with Gasteiger partial charge in [-0.2, -0.15) is 0 Å². The third-order valence-corrected chi connectivity index (χ3v) is 19.6. The van der Waals surface area contributed by atoms with Crippen LogP contribution in [0.4, 0.5) is 0 Å². The van der Waals surface area contributed by atoms with Gasteiger partial charge in [0.25, 0.3) is 0 Å². The fraction of sp³-hybridized carbons (Fsp3) is 0.400. The number of para-hydroxylation sites is 2. The standard InChI is InChI=1S/C90H106N6O2.2Pt/c1-82(2,3)57-31-28-32-64(44-57)95-74-35-29-33-66(76(74)93-80(95)68-47-62(87(16,17)18)49-70(78(68)97)89(22,23)24)53-37-55(41-58(39-53)83(4,5)6)72-51-73(92-52-91-72)56-38-54(40-59(42-56)84(7,8)9)67-34-30-36-75-77(67)94-81(69-48-63(88(19,20)21)50-71(79(69)98)90(25,26)27)96(75)65-45-60(85(10,11)12)43-61(46-65)86(13,14)15;;/h28-36,39-52,97-98H,1-27H3;;/q-2;;. The number of fused-ring (bicyclic) bond motifs is 2. The van der Waals surface area contributed by atoms with E-state index in [1.165, 1.54) is 16.7 Å². The van der Waals surface area contributed by atoms with Crippen LogP contribution < -0.4 is 0 Å². The summed E-state index contributed by atoms with van der Waals surface area (Å²) in [4.78, 5) is 21.6. The van der Waals surface area contributed by atoms with Crippen molar-refractivity contribution >= 4 is 22.1 Å². The van der Waals surface area contributed by atoms with Crippen LogP contribution in [0.25, 0.3) is 101 Å². The third-order valence-electron chi connectivity index (χ3n) is 19.6. The van der Waals surface area contributed by atoms with Crippen molar-refractivity contribution in [2.75, 3.05) is 0 Å². The summed E-state index contributed by atoms with van der Waals surface area (Å²) < 4.78 is 4.53. The molecule has 0 saturated carbocycles. The number of phenols is 2. The Balaban J connectivity index is 0.00000583. The smallest absolute Gasteiger partial charge is 0.148 e. The molecule has 0 radical (unpaired) electrons. The van der Waals surface area contributed by atoms with E-state index in [0.29, 0.717) is 22.8 Å². The van der Waals surface area contributed by atoms with Gasteiger partial charge in [-0.1, -0.05) is 270 Å². The molecule has 0 unspecified atom stereocenters. The van der Waals surface area contributed by atoms with E-state index in [-0.39, 0.29) is 102 Å². The van der Waals surface area contributed by atoms with Crippen LogP contribution in [-0.4, -0.2) is 39.3 Å². The van der Waals surface area contributed by atoms with E-state index < -0.39 is 0 Å². The molecule has 3 heterocycles. The molecule has 0 aliphatic heterocycles. The van der Waals surface area contributed by atoms with Crippen molar-refractivity contribution in [2.24, 2.45) is 0 Å². The van der Waals surface area contributed by atoms with Gasteiger partial charge < -0.3 is 10.2 Å². The molecule has 0 amide bonds. The summed E-state index contributed by atoms with van der Waals surface area (Å²) in [5, 5.41) is 25.4. The number of hydrogen-bond acceptors (Lipinski definition) is 6. The molecule has 0 saturated heterocycles. The van der Waals surface area contributed by atoms with Crippen LogP contribution >= 0.6 is 0 Å². The summed E-state index contributed by atoms with van der Waals surface area (Å²) in [6.07, 6.45) is 1.67. The number of hydrogen-bond donors (Lipinski definition) is 2. The summed E-state index contributed by atoms with van der Waals surface area (Å²) >= 11 is 0. The quantitative estimate of drug-likeness (QED) is 0.147. The van der Waals surface area contributed by atoms with Gasteiger partial charge in [-0.25, -0.2) is 9.97 Å². The average Bonchev–Trinajstić information content (AvgIpc) is 1.56. The Labute approximate surface area is 626 Å². The van der Waals surface area contributed by atoms with Crippen molar-refractivity contribution in [1.82, 2.24) is 29.1 Å². The summed E-state index contributed by atoms with van der Waals surface area (Å²) in [7, 11) is 0. The monoisotopic (exact) mass is 1690 g/mol. The number of rotatable bonds is 8. The van der Waals surface area contributed by atoms with Crippen molar-refractivity contribution in [3.8, 4) is 90.4 Å². The topological polar surface area (TPSA) is 102 Å². The second-order valence-electron chi connectivity index (χ2n) is 37.0. The molecule has 0 spiro atoms. The first-order valence-electron chi connectivity index (χ1n) is 35.1. The predicted octanol–water partition coefficient (Wildman–Crippen LogP) is 23.8. The van der Waals surface area contributed by atoms with Gasteiger partial charge in [0.15, 0.2) is 0 Å². The number of phenolic OH excluding ortho intramolecular Hbond substituents is 2. The SMILES string of the molecule is CC(C)(C)c1cc(-c2cc(-c3[c-]c(-c4cccc5c4nc(-c4cc(C(C)(C)C)cc(C(C)(C)C)c4O)n5-c4cc(C(C)(C)C)cc(C(C)(C)C)c4)cc(C(C)(C)C)c3)ncn2)[c-]c(-c2cccc3c2nc(-c2cc(C(C)(C)C)cc(C(C)(C)C)c2O)n3-c2cccc(C(C)(C)C)c2)c1.[Pt].[Pt]. The summed E-state index contributed by atoms with van der Waals surface area (Å²) in [5.74, 6) is 1.81. The maximum atomic E-state index is 12.8. The van der Waals surface area contributed by atoms with E-state index in [1.807, 2.05) is 0 Å². The van der Waals surface area contributed by atoms with Gasteiger partial charge in [-0.15, -0.1) is 58.7 Å². The Morgan fingerprint density at radius 2 is 0.620 bits per heavy atom. The zero-order chi connectivity index (χ0) is 71.9. The number of aromatic nitrogens is 6. The fourth-order valence-electron chi connectivity index (χ4n) is 13.1. The Morgan fingerprint density at radius 3 is 0.980 bits per heavy atom. The molecule has 0 bridgehead atoms. The van der Waals surface area contributed by atoms with Crippen molar-refractivity contribution in [3.05, 3.63) is 202 Å². The maximum Gasteiger partial charge on any atom is 0.148 e. The van der Waals surface area contributed by atoms with E-state index in [2.05, 4.69) is 342 Å². The molecule has 11 rings (SSSR count). The van der Waals surface area contributed by atoms with Gasteiger partial charge in [-0.05, 0) is 125 Å². The van der Waals surface area contributed by atoms with Crippen molar-refractivity contribution in [3.63, 3.8) is 0 Å². The Morgan fingerprint density at radius 1 is 0.300 bits per heavy atom. The molecule has 11 aromatic rings. The zero-order valence-electron chi connectivity index (χ0n) is 64.5. The van der Waals surface area contributed by atoms with Crippen LogP contribution in [0.1, 0.15) is 237 Å². The van der Waals surface area contributed by atoms with Gasteiger partial charge in [0.1, 0.15) is 23.1 Å². The third kappa shape index (κ3) is 15.3. The minimum atomic E-state index is -0.365. The Bertz CT molecular complexity index is 4900. The molecule has 100 heavy (non-hydrogen) atoms. The number of nitrogens with zero attached hydrogens (tertiary/aromatic N) is 6.